The van der Waals surface area contributed by atoms with E-state index in [-0.39, 0.29) is 12.1 Å². The number of hydrogen-bond donors (Lipinski definition) is 1. The second-order valence-electron chi connectivity index (χ2n) is 5.54. The maximum Gasteiger partial charge on any atom is 0.0590 e. The van der Waals surface area contributed by atoms with Gasteiger partial charge in [0.05, 0.1) is 6.61 Å². The number of methoxy groups -OCH3 is 1. The van der Waals surface area contributed by atoms with Crippen molar-refractivity contribution in [2.24, 2.45) is 5.73 Å². The summed E-state index contributed by atoms with van der Waals surface area (Å²) in [5.74, 6) is 0. The topological polar surface area (TPSA) is 38.5 Å². The summed E-state index contributed by atoms with van der Waals surface area (Å²) in [5, 5.41) is 0. The second-order valence-corrected chi connectivity index (χ2v) is 5.54. The minimum atomic E-state index is 0.0852. The lowest BCUT2D eigenvalue weighted by molar-refractivity contribution is 0.0863. The Kier molecular flexibility index (Phi) is 6.49. The van der Waals surface area contributed by atoms with Crippen molar-refractivity contribution in [2.75, 3.05) is 20.3 Å². The summed E-state index contributed by atoms with van der Waals surface area (Å²) in [6.45, 7) is 10.2. The summed E-state index contributed by atoms with van der Waals surface area (Å²) in [7, 11) is 1.74. The molecule has 0 radical (unpaired) electrons. The van der Waals surface area contributed by atoms with Crippen LogP contribution in [0.2, 0.25) is 0 Å². The molecule has 0 spiro atoms. The molecule has 0 aliphatic heterocycles. The molecule has 0 aliphatic carbocycles. The number of aryl methyl sites for hydroxylation is 1. The second kappa shape index (κ2) is 7.63. The first-order chi connectivity index (χ1) is 8.97. The van der Waals surface area contributed by atoms with Crippen LogP contribution in [0.4, 0.5) is 0 Å². The number of rotatable bonds is 7. The van der Waals surface area contributed by atoms with E-state index in [1.807, 2.05) is 0 Å². The van der Waals surface area contributed by atoms with Crippen LogP contribution < -0.4 is 5.73 Å². The average molecular weight is 264 g/mol. The fourth-order valence-electron chi connectivity index (χ4n) is 2.48. The smallest absolute Gasteiger partial charge is 0.0590 e. The molecular formula is C16H28N2O. The Morgan fingerprint density at radius 3 is 2.16 bits per heavy atom. The Hall–Kier alpha value is -0.900. The molecule has 0 fully saturated rings. The molecule has 1 rings (SSSR count). The van der Waals surface area contributed by atoms with Gasteiger partial charge in [-0.05, 0) is 33.3 Å². The van der Waals surface area contributed by atoms with Gasteiger partial charge in [-0.3, -0.25) is 4.90 Å². The first-order valence-electron chi connectivity index (χ1n) is 7.04. The zero-order valence-electron chi connectivity index (χ0n) is 12.9. The number of nitrogens with zero attached hydrogens (tertiary/aromatic N) is 1. The lowest BCUT2D eigenvalue weighted by Crippen LogP contribution is -2.44. The van der Waals surface area contributed by atoms with Crippen molar-refractivity contribution in [2.45, 2.75) is 45.8 Å². The lowest BCUT2D eigenvalue weighted by atomic mass is 9.97. The van der Waals surface area contributed by atoms with Crippen LogP contribution in [0.15, 0.2) is 24.3 Å². The molecule has 0 amide bonds. The molecule has 0 aliphatic rings. The van der Waals surface area contributed by atoms with E-state index in [2.05, 4.69) is 56.9 Å². The third-order valence-corrected chi connectivity index (χ3v) is 3.49. The summed E-state index contributed by atoms with van der Waals surface area (Å²) in [6, 6.07) is 9.43. The van der Waals surface area contributed by atoms with Crippen LogP contribution >= 0.6 is 0 Å². The van der Waals surface area contributed by atoms with Gasteiger partial charge in [0.2, 0.25) is 0 Å². The number of ether oxygens (including phenoxy) is 1. The molecule has 3 nitrogen and oxygen atoms in total. The minimum Gasteiger partial charge on any atom is -0.383 e. The lowest BCUT2D eigenvalue weighted by Gasteiger charge is -2.37. The van der Waals surface area contributed by atoms with Crippen molar-refractivity contribution in [3.05, 3.63) is 35.4 Å². The van der Waals surface area contributed by atoms with E-state index in [9.17, 15) is 0 Å². The Balaban J connectivity index is 2.99. The number of benzene rings is 1. The molecule has 2 atom stereocenters. The Morgan fingerprint density at radius 2 is 1.74 bits per heavy atom. The molecule has 0 heterocycles. The predicted molar refractivity (Wildman–Crippen MR) is 81.3 cm³/mol. The van der Waals surface area contributed by atoms with Gasteiger partial charge in [-0.2, -0.15) is 0 Å². The van der Waals surface area contributed by atoms with Gasteiger partial charge in [-0.25, -0.2) is 0 Å². The first-order valence-corrected chi connectivity index (χ1v) is 7.04. The van der Waals surface area contributed by atoms with E-state index < -0.39 is 0 Å². The molecule has 1 aromatic carbocycles. The van der Waals surface area contributed by atoms with Crippen molar-refractivity contribution in [3.63, 3.8) is 0 Å². The molecular weight excluding hydrogens is 236 g/mol. The summed E-state index contributed by atoms with van der Waals surface area (Å²) >= 11 is 0. The van der Waals surface area contributed by atoms with E-state index in [1.165, 1.54) is 11.1 Å². The Labute approximate surface area is 117 Å². The van der Waals surface area contributed by atoms with Gasteiger partial charge in [0.1, 0.15) is 0 Å². The molecule has 1 aromatic rings. The molecule has 0 aromatic heterocycles. The van der Waals surface area contributed by atoms with E-state index in [0.29, 0.717) is 6.04 Å². The van der Waals surface area contributed by atoms with Gasteiger partial charge in [-0.15, -0.1) is 0 Å². The summed E-state index contributed by atoms with van der Waals surface area (Å²) in [6.07, 6.45) is 0. The van der Waals surface area contributed by atoms with Crippen molar-refractivity contribution < 1.29 is 4.74 Å². The summed E-state index contributed by atoms with van der Waals surface area (Å²) in [4.78, 5) is 2.42. The summed E-state index contributed by atoms with van der Waals surface area (Å²) < 4.78 is 5.22. The largest absolute Gasteiger partial charge is 0.383 e. The average Bonchev–Trinajstić information content (AvgIpc) is 2.35. The normalized spacial score (nSPS) is 14.9. The predicted octanol–water partition coefficient (Wildman–Crippen LogP) is 2.74. The van der Waals surface area contributed by atoms with Crippen molar-refractivity contribution in [1.29, 1.82) is 0 Å². The van der Waals surface area contributed by atoms with Crippen LogP contribution in [0.5, 0.6) is 0 Å². The molecule has 108 valence electrons. The quantitative estimate of drug-likeness (QED) is 0.823. The van der Waals surface area contributed by atoms with E-state index in [0.717, 1.165) is 13.2 Å². The van der Waals surface area contributed by atoms with Crippen LogP contribution in [-0.2, 0) is 4.74 Å². The van der Waals surface area contributed by atoms with Crippen LogP contribution in [-0.4, -0.2) is 37.2 Å². The molecule has 0 saturated heterocycles. The first kappa shape index (κ1) is 16.2. The van der Waals surface area contributed by atoms with Crippen LogP contribution in [0, 0.1) is 6.92 Å². The van der Waals surface area contributed by atoms with Crippen LogP contribution in [0.25, 0.3) is 0 Å². The molecule has 2 unspecified atom stereocenters. The Morgan fingerprint density at radius 1 is 1.16 bits per heavy atom. The van der Waals surface area contributed by atoms with E-state index in [4.69, 9.17) is 10.5 Å². The van der Waals surface area contributed by atoms with Crippen LogP contribution in [0.1, 0.15) is 37.9 Å². The Bertz CT molecular complexity index is 360. The summed E-state index contributed by atoms with van der Waals surface area (Å²) in [5.41, 5.74) is 8.80. The van der Waals surface area contributed by atoms with Gasteiger partial charge >= 0.3 is 0 Å². The highest BCUT2D eigenvalue weighted by Crippen LogP contribution is 2.25. The van der Waals surface area contributed by atoms with Gasteiger partial charge in [0.15, 0.2) is 0 Å². The molecule has 0 bridgehead atoms. The highest BCUT2D eigenvalue weighted by Gasteiger charge is 2.25. The van der Waals surface area contributed by atoms with Gasteiger partial charge in [0, 0.05) is 31.8 Å². The SMILES string of the molecule is COCCN(C(C)C)C(c1ccc(C)cc1)C(C)N. The standard InChI is InChI=1S/C16H28N2O/c1-12(2)18(10-11-19-5)16(14(4)17)15-8-6-13(3)7-9-15/h6-9,12,14,16H,10-11,17H2,1-5H3. The van der Waals surface area contributed by atoms with E-state index in [1.54, 1.807) is 7.11 Å². The third-order valence-electron chi connectivity index (χ3n) is 3.49. The van der Waals surface area contributed by atoms with Crippen LogP contribution in [0.3, 0.4) is 0 Å². The zero-order valence-corrected chi connectivity index (χ0v) is 12.9. The van der Waals surface area contributed by atoms with Gasteiger partial charge < -0.3 is 10.5 Å². The van der Waals surface area contributed by atoms with Gasteiger partial charge in [-0.1, -0.05) is 29.8 Å². The fourth-order valence-corrected chi connectivity index (χ4v) is 2.48. The van der Waals surface area contributed by atoms with Crippen molar-refractivity contribution in [3.8, 4) is 0 Å². The number of hydrogen-bond acceptors (Lipinski definition) is 3. The maximum atomic E-state index is 6.23. The highest BCUT2D eigenvalue weighted by atomic mass is 16.5. The highest BCUT2D eigenvalue weighted by molar-refractivity contribution is 5.25. The minimum absolute atomic E-state index is 0.0852. The maximum absolute atomic E-state index is 6.23. The molecule has 0 saturated carbocycles. The molecule has 2 N–H and O–H groups in total. The fraction of sp³-hybridized carbons (Fsp3) is 0.625. The monoisotopic (exact) mass is 264 g/mol. The van der Waals surface area contributed by atoms with Crippen molar-refractivity contribution in [1.82, 2.24) is 4.90 Å². The third kappa shape index (κ3) is 4.60. The van der Waals surface area contributed by atoms with Gasteiger partial charge in [0.25, 0.3) is 0 Å². The number of nitrogens with two attached hydrogens (primary N) is 1. The molecule has 3 heteroatoms. The van der Waals surface area contributed by atoms with Crippen molar-refractivity contribution >= 4 is 0 Å². The zero-order chi connectivity index (χ0) is 14.4. The van der Waals surface area contributed by atoms with E-state index >= 15 is 0 Å². The molecule has 19 heavy (non-hydrogen) atoms.